The van der Waals surface area contributed by atoms with E-state index in [0.29, 0.717) is 11.4 Å². The molecule has 0 aromatic heterocycles. The van der Waals surface area contributed by atoms with E-state index < -0.39 is 54.8 Å². The second-order valence-corrected chi connectivity index (χ2v) is 6.09. The van der Waals surface area contributed by atoms with Crippen molar-refractivity contribution in [2.45, 2.75) is 30.4 Å². The van der Waals surface area contributed by atoms with Crippen LogP contribution in [0.4, 0.5) is 10.5 Å². The Labute approximate surface area is 160 Å². The highest BCUT2D eigenvalue weighted by Gasteiger charge is 2.42. The number of nitrogens with one attached hydrogen (secondary N) is 2. The van der Waals surface area contributed by atoms with Gasteiger partial charge in [0, 0.05) is 11.8 Å². The molecule has 8 N–H and O–H groups in total. The number of amides is 2. The number of hydrogen-bond acceptors (Lipinski definition) is 8. The van der Waals surface area contributed by atoms with Gasteiger partial charge < -0.3 is 46.3 Å². The minimum atomic E-state index is -1.71. The highest BCUT2D eigenvalue weighted by molar-refractivity contribution is 5.90. The summed E-state index contributed by atoms with van der Waals surface area (Å²) in [5.41, 5.74) is 6.34. The standard InChI is InChI=1S/C17H23N3O8/c1-27-9-4-2-3-8(5-9)19-17(26)20-13-10(18)6-12(16(24)25)28-15(13)14(23)11(22)7-21/h2-6,10-11,13-15,21-23H,7,18H2,1H3,(H,24,25)(H2,19,20,26)/t10-,11+,13+,14+,15+/m0/s1. The van der Waals surface area contributed by atoms with Crippen molar-refractivity contribution in [1.29, 1.82) is 0 Å². The number of carbonyl (C=O) groups excluding carboxylic acids is 1. The number of ether oxygens (including phenoxy) is 2. The van der Waals surface area contributed by atoms with Gasteiger partial charge in [0.25, 0.3) is 0 Å². The molecular weight excluding hydrogens is 374 g/mol. The van der Waals surface area contributed by atoms with E-state index in [1.54, 1.807) is 24.3 Å². The van der Waals surface area contributed by atoms with E-state index in [0.717, 1.165) is 6.08 Å². The second kappa shape index (κ2) is 9.37. The SMILES string of the molecule is COc1cccc(NC(=O)N[C@H]2[C@H]([C@H](O)[C@H](O)CO)OC(C(=O)O)=C[C@@H]2N)c1. The van der Waals surface area contributed by atoms with E-state index in [4.69, 9.17) is 25.4 Å². The Hall–Kier alpha value is -2.86. The number of nitrogens with two attached hydrogens (primary N) is 1. The zero-order chi connectivity index (χ0) is 20.8. The smallest absolute Gasteiger partial charge is 0.370 e. The zero-order valence-electron chi connectivity index (χ0n) is 15.0. The summed E-state index contributed by atoms with van der Waals surface area (Å²) in [4.78, 5) is 23.5. The van der Waals surface area contributed by atoms with E-state index in [2.05, 4.69) is 10.6 Å². The van der Waals surface area contributed by atoms with E-state index >= 15 is 0 Å². The Balaban J connectivity index is 2.18. The molecule has 0 fully saturated rings. The van der Waals surface area contributed by atoms with Gasteiger partial charge in [-0.3, -0.25) is 0 Å². The van der Waals surface area contributed by atoms with Gasteiger partial charge in [-0.15, -0.1) is 0 Å². The normalized spacial score (nSPS) is 23.6. The molecule has 2 rings (SSSR count). The van der Waals surface area contributed by atoms with E-state index in [1.807, 2.05) is 0 Å². The van der Waals surface area contributed by atoms with Gasteiger partial charge in [-0.05, 0) is 18.2 Å². The van der Waals surface area contributed by atoms with Crippen LogP contribution in [0.2, 0.25) is 0 Å². The fourth-order valence-electron chi connectivity index (χ4n) is 2.69. The molecule has 2 amide bonds. The first-order valence-corrected chi connectivity index (χ1v) is 8.32. The maximum absolute atomic E-state index is 12.3. The summed E-state index contributed by atoms with van der Waals surface area (Å²) in [6, 6.07) is 3.70. The molecule has 1 aliphatic heterocycles. The molecule has 0 spiro atoms. The van der Waals surface area contributed by atoms with Gasteiger partial charge in [-0.1, -0.05) is 6.07 Å². The summed E-state index contributed by atoms with van der Waals surface area (Å²) < 4.78 is 10.3. The summed E-state index contributed by atoms with van der Waals surface area (Å²) in [5.74, 6) is -1.44. The fraction of sp³-hybridized carbons (Fsp3) is 0.412. The first-order chi connectivity index (χ1) is 13.3. The molecule has 11 heteroatoms. The minimum Gasteiger partial charge on any atom is -0.497 e. The Morgan fingerprint density at radius 1 is 1.36 bits per heavy atom. The molecule has 28 heavy (non-hydrogen) atoms. The van der Waals surface area contributed by atoms with Crippen molar-refractivity contribution in [3.63, 3.8) is 0 Å². The third-order valence-corrected chi connectivity index (χ3v) is 4.13. The largest absolute Gasteiger partial charge is 0.497 e. The molecule has 0 saturated heterocycles. The molecule has 154 valence electrons. The number of aliphatic hydroxyl groups excluding tert-OH is 3. The van der Waals surface area contributed by atoms with Crippen LogP contribution in [0.1, 0.15) is 0 Å². The molecule has 0 radical (unpaired) electrons. The molecule has 1 aromatic carbocycles. The number of aliphatic carboxylic acids is 1. The number of methoxy groups -OCH3 is 1. The number of anilines is 1. The average molecular weight is 397 g/mol. The Morgan fingerprint density at radius 2 is 2.07 bits per heavy atom. The summed E-state index contributed by atoms with van der Waals surface area (Å²) >= 11 is 0. The number of aliphatic hydroxyl groups is 3. The summed E-state index contributed by atoms with van der Waals surface area (Å²) in [6.45, 7) is -0.800. The number of rotatable bonds is 7. The molecule has 1 aliphatic rings. The van der Waals surface area contributed by atoms with Crippen LogP contribution in [0.15, 0.2) is 36.1 Å². The number of carboxylic acid groups (broad SMARTS) is 1. The van der Waals surface area contributed by atoms with Gasteiger partial charge in [0.05, 0.1) is 25.8 Å². The quantitative estimate of drug-likeness (QED) is 0.290. The highest BCUT2D eigenvalue weighted by atomic mass is 16.5. The average Bonchev–Trinajstić information content (AvgIpc) is 2.68. The van der Waals surface area contributed by atoms with Crippen molar-refractivity contribution >= 4 is 17.7 Å². The Bertz CT molecular complexity index is 741. The maximum Gasteiger partial charge on any atom is 0.370 e. The number of urea groups is 1. The van der Waals surface area contributed by atoms with Crippen molar-refractivity contribution < 1.29 is 39.5 Å². The molecule has 5 atom stereocenters. The molecule has 1 aromatic rings. The van der Waals surface area contributed by atoms with Crippen LogP contribution in [-0.2, 0) is 9.53 Å². The highest BCUT2D eigenvalue weighted by Crippen LogP contribution is 2.22. The first-order valence-electron chi connectivity index (χ1n) is 8.32. The maximum atomic E-state index is 12.3. The predicted octanol–water partition coefficient (Wildman–Crippen LogP) is -1.41. The van der Waals surface area contributed by atoms with Crippen LogP contribution in [0.25, 0.3) is 0 Å². The number of carboxylic acids is 1. The Morgan fingerprint density at radius 3 is 2.68 bits per heavy atom. The topological polar surface area (TPSA) is 184 Å². The van der Waals surface area contributed by atoms with Gasteiger partial charge in [0.2, 0.25) is 5.76 Å². The lowest BCUT2D eigenvalue weighted by molar-refractivity contribution is -0.144. The second-order valence-electron chi connectivity index (χ2n) is 6.09. The van der Waals surface area contributed by atoms with Gasteiger partial charge in [-0.2, -0.15) is 0 Å². The lowest BCUT2D eigenvalue weighted by Crippen LogP contribution is -2.62. The zero-order valence-corrected chi connectivity index (χ0v) is 15.0. The number of benzene rings is 1. The van der Waals surface area contributed by atoms with Crippen molar-refractivity contribution in [3.05, 3.63) is 36.1 Å². The molecule has 1 heterocycles. The van der Waals surface area contributed by atoms with Gasteiger partial charge in [0.15, 0.2) is 0 Å². The van der Waals surface area contributed by atoms with Crippen molar-refractivity contribution in [3.8, 4) is 5.75 Å². The van der Waals surface area contributed by atoms with E-state index in [1.165, 1.54) is 7.11 Å². The Kier molecular flexibility index (Phi) is 7.18. The predicted molar refractivity (Wildman–Crippen MR) is 96.6 cm³/mol. The fourth-order valence-corrected chi connectivity index (χ4v) is 2.69. The lowest BCUT2D eigenvalue weighted by atomic mass is 9.93. The molecule has 0 bridgehead atoms. The van der Waals surface area contributed by atoms with Gasteiger partial charge >= 0.3 is 12.0 Å². The van der Waals surface area contributed by atoms with Crippen molar-refractivity contribution in [2.24, 2.45) is 5.73 Å². The minimum absolute atomic E-state index is 0.413. The lowest BCUT2D eigenvalue weighted by Gasteiger charge is -2.38. The molecule has 0 unspecified atom stereocenters. The van der Waals surface area contributed by atoms with Crippen LogP contribution in [0, 0.1) is 0 Å². The van der Waals surface area contributed by atoms with Crippen molar-refractivity contribution in [1.82, 2.24) is 5.32 Å². The van der Waals surface area contributed by atoms with Crippen molar-refractivity contribution in [2.75, 3.05) is 19.0 Å². The summed E-state index contributed by atoms with van der Waals surface area (Å²) in [7, 11) is 1.47. The van der Waals surface area contributed by atoms with E-state index in [-0.39, 0.29) is 0 Å². The molecular formula is C17H23N3O8. The first kappa shape index (κ1) is 21.4. The number of carbonyl (C=O) groups is 2. The molecule has 0 saturated carbocycles. The third-order valence-electron chi connectivity index (χ3n) is 4.13. The summed E-state index contributed by atoms with van der Waals surface area (Å²) in [5, 5.41) is 43.1. The monoisotopic (exact) mass is 397 g/mol. The van der Waals surface area contributed by atoms with Crippen LogP contribution in [-0.4, -0.2) is 76.5 Å². The number of hydrogen-bond donors (Lipinski definition) is 7. The third kappa shape index (κ3) is 5.10. The van der Waals surface area contributed by atoms with Crippen LogP contribution < -0.4 is 21.1 Å². The van der Waals surface area contributed by atoms with Gasteiger partial charge in [-0.25, -0.2) is 9.59 Å². The van der Waals surface area contributed by atoms with Gasteiger partial charge in [0.1, 0.15) is 24.1 Å². The van der Waals surface area contributed by atoms with Crippen LogP contribution >= 0.6 is 0 Å². The summed E-state index contributed by atoms with van der Waals surface area (Å²) in [6.07, 6.45) is -3.67. The molecule has 0 aliphatic carbocycles. The van der Waals surface area contributed by atoms with Crippen LogP contribution in [0.3, 0.4) is 0 Å². The van der Waals surface area contributed by atoms with Crippen LogP contribution in [0.5, 0.6) is 5.75 Å². The molecule has 11 nitrogen and oxygen atoms in total. The van der Waals surface area contributed by atoms with E-state index in [9.17, 15) is 19.8 Å².